The van der Waals surface area contributed by atoms with Crippen molar-refractivity contribution in [3.8, 4) is 17.0 Å². The molecule has 2 aliphatic heterocycles. The number of hydrogen-bond donors (Lipinski definition) is 3. The molecule has 5 nitrogen and oxygen atoms in total. The van der Waals surface area contributed by atoms with Crippen LogP contribution in [0.4, 0.5) is 13.2 Å². The minimum Gasteiger partial charge on any atom is -0.507 e. The van der Waals surface area contributed by atoms with Crippen LogP contribution in [0.2, 0.25) is 0 Å². The third-order valence-electron chi connectivity index (χ3n) is 6.17. The van der Waals surface area contributed by atoms with Crippen LogP contribution in [-0.4, -0.2) is 33.0 Å². The third kappa shape index (κ3) is 3.24. The summed E-state index contributed by atoms with van der Waals surface area (Å²) in [5.74, 6) is -0.506. The fourth-order valence-electron chi connectivity index (χ4n) is 4.42. The first-order valence-electron chi connectivity index (χ1n) is 9.36. The van der Waals surface area contributed by atoms with Crippen LogP contribution in [0.15, 0.2) is 24.3 Å². The molecule has 1 aromatic carbocycles. The number of aromatic hydroxyl groups is 1. The number of alkyl halides is 3. The summed E-state index contributed by atoms with van der Waals surface area (Å²) in [6.45, 7) is 2.48. The molecule has 150 valence electrons. The van der Waals surface area contributed by atoms with Crippen LogP contribution in [0, 0.1) is 12.3 Å². The smallest absolute Gasteiger partial charge is 0.416 e. The Balaban J connectivity index is 1.63. The van der Waals surface area contributed by atoms with Gasteiger partial charge in [-0.15, -0.1) is 5.10 Å². The number of nitrogens with zero attached hydrogens (tertiary/aromatic N) is 2. The molecule has 3 heterocycles. The lowest BCUT2D eigenvalue weighted by Crippen LogP contribution is -2.54. The van der Waals surface area contributed by atoms with Gasteiger partial charge in [-0.2, -0.15) is 18.3 Å². The first kappa shape index (κ1) is 19.1. The van der Waals surface area contributed by atoms with Gasteiger partial charge in [0, 0.05) is 23.6 Å². The van der Waals surface area contributed by atoms with E-state index in [0.717, 1.165) is 38.3 Å². The first-order valence-corrected chi connectivity index (χ1v) is 9.36. The Bertz CT molecular complexity index is 879. The van der Waals surface area contributed by atoms with E-state index in [2.05, 4.69) is 15.5 Å². The van der Waals surface area contributed by atoms with Crippen LogP contribution < -0.4 is 5.32 Å². The summed E-state index contributed by atoms with van der Waals surface area (Å²) in [6, 6.07) is 5.02. The third-order valence-corrected chi connectivity index (χ3v) is 6.17. The largest absolute Gasteiger partial charge is 0.507 e. The second kappa shape index (κ2) is 6.70. The highest BCUT2D eigenvalue weighted by Crippen LogP contribution is 2.48. The highest BCUT2D eigenvalue weighted by atomic mass is 19.4. The molecule has 5 rings (SSSR count). The maximum atomic E-state index is 12.8. The van der Waals surface area contributed by atoms with Crippen LogP contribution in [0.5, 0.6) is 5.75 Å². The zero-order valence-corrected chi connectivity index (χ0v) is 15.4. The number of aliphatic hydroxyl groups is 1. The van der Waals surface area contributed by atoms with Gasteiger partial charge >= 0.3 is 6.18 Å². The second-order valence-corrected chi connectivity index (χ2v) is 7.95. The normalized spacial score (nSPS) is 25.7. The number of aryl methyl sites for hydroxylation is 1. The number of rotatable bonds is 3. The molecule has 3 N–H and O–H groups in total. The van der Waals surface area contributed by atoms with Gasteiger partial charge in [0.1, 0.15) is 11.9 Å². The highest BCUT2D eigenvalue weighted by molar-refractivity contribution is 5.69. The van der Waals surface area contributed by atoms with Crippen molar-refractivity contribution in [1.82, 2.24) is 15.5 Å². The standard InChI is InChI=1S/C20H22F3N3O2/c1-11-8-15(18(28)19-6-4-13(5-7-19)24-10-19)25-26-17(11)14-3-2-12(9-16(14)27)20(21,22)23/h2-3,8-9,13,18,24,27-28H,4-7,10H2,1H3. The summed E-state index contributed by atoms with van der Waals surface area (Å²) >= 11 is 0. The molecule has 0 radical (unpaired) electrons. The molecule has 1 saturated carbocycles. The van der Waals surface area contributed by atoms with E-state index >= 15 is 0 Å². The van der Waals surface area contributed by atoms with Crippen molar-refractivity contribution in [3.05, 3.63) is 41.1 Å². The zero-order chi connectivity index (χ0) is 20.1. The maximum Gasteiger partial charge on any atom is 0.416 e. The first-order chi connectivity index (χ1) is 13.2. The van der Waals surface area contributed by atoms with Crippen LogP contribution in [0.25, 0.3) is 11.3 Å². The van der Waals surface area contributed by atoms with E-state index in [4.69, 9.17) is 0 Å². The monoisotopic (exact) mass is 393 g/mol. The predicted octanol–water partition coefficient (Wildman–Crippen LogP) is 3.74. The van der Waals surface area contributed by atoms with Gasteiger partial charge in [0.2, 0.25) is 0 Å². The molecular formula is C20H22F3N3O2. The molecule has 0 spiro atoms. The lowest BCUT2D eigenvalue weighted by atomic mass is 9.65. The van der Waals surface area contributed by atoms with Gasteiger partial charge in [0.25, 0.3) is 0 Å². The van der Waals surface area contributed by atoms with Crippen LogP contribution >= 0.6 is 0 Å². The quantitative estimate of drug-likeness (QED) is 0.741. The van der Waals surface area contributed by atoms with Crippen molar-refractivity contribution in [2.24, 2.45) is 5.41 Å². The lowest BCUT2D eigenvalue weighted by molar-refractivity contribution is -0.137. The molecule has 1 aliphatic carbocycles. The topological polar surface area (TPSA) is 78.3 Å². The molecule has 3 fully saturated rings. The lowest BCUT2D eigenvalue weighted by Gasteiger charge is -2.49. The maximum absolute atomic E-state index is 12.8. The fraction of sp³-hybridized carbons (Fsp3) is 0.500. The van der Waals surface area contributed by atoms with Gasteiger partial charge in [-0.25, -0.2) is 0 Å². The number of fused-ring (bicyclic) bond motifs is 3. The number of halogens is 3. The summed E-state index contributed by atoms with van der Waals surface area (Å²) in [5, 5.41) is 32.8. The van der Waals surface area contributed by atoms with Crippen molar-refractivity contribution in [3.63, 3.8) is 0 Å². The molecule has 1 unspecified atom stereocenters. The van der Waals surface area contributed by atoms with Crippen LogP contribution in [0.3, 0.4) is 0 Å². The summed E-state index contributed by atoms with van der Waals surface area (Å²) < 4.78 is 38.4. The Morgan fingerprint density at radius 2 is 1.89 bits per heavy atom. The van der Waals surface area contributed by atoms with Gasteiger partial charge in [0.15, 0.2) is 0 Å². The van der Waals surface area contributed by atoms with Crippen molar-refractivity contribution < 1.29 is 23.4 Å². The molecular weight excluding hydrogens is 371 g/mol. The van der Waals surface area contributed by atoms with E-state index in [-0.39, 0.29) is 11.0 Å². The van der Waals surface area contributed by atoms with E-state index in [1.807, 2.05) is 0 Å². The summed E-state index contributed by atoms with van der Waals surface area (Å²) in [6.07, 6.45) is -1.39. The number of nitrogens with one attached hydrogen (secondary N) is 1. The number of benzene rings is 1. The van der Waals surface area contributed by atoms with Gasteiger partial charge in [-0.05, 0) is 62.4 Å². The average Bonchev–Trinajstić information content (AvgIpc) is 2.68. The number of phenolic OH excluding ortho intramolecular Hbond substituents is 1. The SMILES string of the molecule is Cc1cc(C(O)C23CCC(CC2)NC3)nnc1-c1ccc(C(F)(F)F)cc1O. The molecule has 2 aromatic rings. The molecule has 1 aromatic heterocycles. The molecule has 8 heteroatoms. The van der Waals surface area contributed by atoms with Gasteiger partial charge in [-0.1, -0.05) is 0 Å². The van der Waals surface area contributed by atoms with E-state index in [1.54, 1.807) is 13.0 Å². The predicted molar refractivity (Wildman–Crippen MR) is 96.5 cm³/mol. The van der Waals surface area contributed by atoms with Gasteiger partial charge in [-0.3, -0.25) is 0 Å². The minimum atomic E-state index is -4.53. The van der Waals surface area contributed by atoms with Crippen molar-refractivity contribution in [1.29, 1.82) is 0 Å². The van der Waals surface area contributed by atoms with Gasteiger partial charge < -0.3 is 15.5 Å². The minimum absolute atomic E-state index is 0.178. The number of hydrogen-bond acceptors (Lipinski definition) is 5. The molecule has 2 bridgehead atoms. The van der Waals surface area contributed by atoms with Crippen molar-refractivity contribution in [2.45, 2.75) is 50.9 Å². The summed E-state index contributed by atoms with van der Waals surface area (Å²) in [4.78, 5) is 0. The number of aliphatic hydroxyl groups excluding tert-OH is 1. The van der Waals surface area contributed by atoms with E-state index in [1.165, 1.54) is 6.07 Å². The Morgan fingerprint density at radius 1 is 1.18 bits per heavy atom. The van der Waals surface area contributed by atoms with E-state index < -0.39 is 23.6 Å². The molecule has 3 aliphatic rings. The molecule has 1 atom stereocenters. The number of phenols is 1. The van der Waals surface area contributed by atoms with Crippen LogP contribution in [0.1, 0.15) is 48.6 Å². The fourth-order valence-corrected chi connectivity index (χ4v) is 4.42. The summed E-state index contributed by atoms with van der Waals surface area (Å²) in [7, 11) is 0. The average molecular weight is 393 g/mol. The Labute approximate surface area is 160 Å². The Kier molecular flexibility index (Phi) is 4.58. The van der Waals surface area contributed by atoms with Crippen molar-refractivity contribution in [2.75, 3.05) is 6.54 Å². The van der Waals surface area contributed by atoms with Crippen molar-refractivity contribution >= 4 is 0 Å². The van der Waals surface area contributed by atoms with E-state index in [0.29, 0.717) is 29.1 Å². The Morgan fingerprint density at radius 3 is 2.43 bits per heavy atom. The Hall–Kier alpha value is -2.19. The molecule has 0 amide bonds. The number of aromatic nitrogens is 2. The van der Waals surface area contributed by atoms with Gasteiger partial charge in [0.05, 0.1) is 17.0 Å². The zero-order valence-electron chi connectivity index (χ0n) is 15.4. The summed E-state index contributed by atoms with van der Waals surface area (Å²) in [5.41, 5.74) is 0.379. The molecule has 2 saturated heterocycles. The second-order valence-electron chi connectivity index (χ2n) is 7.95. The van der Waals surface area contributed by atoms with Crippen LogP contribution in [-0.2, 0) is 6.18 Å². The van der Waals surface area contributed by atoms with E-state index in [9.17, 15) is 23.4 Å². The number of piperidine rings is 2. The highest BCUT2D eigenvalue weighted by Gasteiger charge is 2.46. The molecule has 28 heavy (non-hydrogen) atoms.